The maximum atomic E-state index is 12.1. The molecule has 1 amide bonds. The van der Waals surface area contributed by atoms with Gasteiger partial charge in [-0.25, -0.2) is 4.79 Å². The van der Waals surface area contributed by atoms with E-state index in [1.54, 1.807) is 0 Å². The summed E-state index contributed by atoms with van der Waals surface area (Å²) < 4.78 is 17.0. The average molecular weight is 353 g/mol. The fourth-order valence-electron chi connectivity index (χ4n) is 2.44. The van der Waals surface area contributed by atoms with Gasteiger partial charge in [-0.15, -0.1) is 0 Å². The predicted octanol–water partition coefficient (Wildman–Crippen LogP) is -0.0160. The molecule has 1 aromatic rings. The molecule has 1 N–H and O–H groups in total. The molecule has 0 radical (unpaired) electrons. The molecule has 2 heterocycles. The van der Waals surface area contributed by atoms with E-state index in [0.29, 0.717) is 0 Å². The molecular weight excluding hydrogens is 334 g/mol. The van der Waals surface area contributed by atoms with Crippen molar-refractivity contribution in [1.82, 2.24) is 9.55 Å². The fraction of sp³-hybridized carbons (Fsp3) is 0.533. The summed E-state index contributed by atoms with van der Waals surface area (Å²) in [5.41, 5.74) is -0.633. The quantitative estimate of drug-likeness (QED) is 0.732. The molecule has 0 bridgehead atoms. The molecule has 1 aliphatic heterocycles. The van der Waals surface area contributed by atoms with Crippen molar-refractivity contribution in [3.05, 3.63) is 22.7 Å². The SMILES string of the molecule is CC(=O)Nc1ccn([C@H]2C[C@@H](OC(C)=O)[C@@H](COC(C)=O)O2)c(=O)n1. The van der Waals surface area contributed by atoms with E-state index in [1.165, 1.54) is 37.6 Å². The third-order valence-electron chi connectivity index (χ3n) is 3.39. The Morgan fingerprint density at radius 1 is 1.32 bits per heavy atom. The summed E-state index contributed by atoms with van der Waals surface area (Å²) >= 11 is 0. The van der Waals surface area contributed by atoms with Crippen molar-refractivity contribution in [1.29, 1.82) is 0 Å². The number of nitrogens with zero attached hydrogens (tertiary/aromatic N) is 2. The van der Waals surface area contributed by atoms with Crippen molar-refractivity contribution in [2.45, 2.75) is 45.6 Å². The first kappa shape index (κ1) is 18.6. The minimum atomic E-state index is -0.740. The number of hydrogen-bond acceptors (Lipinski definition) is 8. The first-order chi connectivity index (χ1) is 11.8. The number of carbonyl (C=O) groups is 3. The van der Waals surface area contributed by atoms with Gasteiger partial charge in [0, 0.05) is 33.4 Å². The number of ether oxygens (including phenoxy) is 3. The second-order valence-corrected chi connectivity index (χ2v) is 5.50. The third-order valence-corrected chi connectivity index (χ3v) is 3.39. The predicted molar refractivity (Wildman–Crippen MR) is 83.5 cm³/mol. The van der Waals surface area contributed by atoms with E-state index < -0.39 is 36.1 Å². The van der Waals surface area contributed by atoms with Crippen LogP contribution in [-0.4, -0.2) is 46.2 Å². The maximum Gasteiger partial charge on any atom is 0.351 e. The number of anilines is 1. The summed E-state index contributed by atoms with van der Waals surface area (Å²) in [5.74, 6) is -1.22. The zero-order valence-corrected chi connectivity index (χ0v) is 14.1. The highest BCUT2D eigenvalue weighted by molar-refractivity contribution is 5.87. The molecule has 0 aliphatic carbocycles. The van der Waals surface area contributed by atoms with Gasteiger partial charge in [0.05, 0.1) is 0 Å². The summed E-state index contributed by atoms with van der Waals surface area (Å²) in [7, 11) is 0. The Bertz CT molecular complexity index is 730. The van der Waals surface area contributed by atoms with Gasteiger partial charge in [-0.1, -0.05) is 0 Å². The first-order valence-electron chi connectivity index (χ1n) is 7.59. The van der Waals surface area contributed by atoms with Gasteiger partial charge in [0.25, 0.3) is 0 Å². The van der Waals surface area contributed by atoms with Crippen LogP contribution in [0.4, 0.5) is 5.82 Å². The first-order valence-corrected chi connectivity index (χ1v) is 7.59. The zero-order valence-electron chi connectivity index (χ0n) is 14.1. The van der Waals surface area contributed by atoms with Crippen molar-refractivity contribution >= 4 is 23.7 Å². The second kappa shape index (κ2) is 7.88. The largest absolute Gasteiger partial charge is 0.463 e. The van der Waals surface area contributed by atoms with Crippen LogP contribution < -0.4 is 11.0 Å². The molecule has 136 valence electrons. The van der Waals surface area contributed by atoms with Gasteiger partial charge >= 0.3 is 17.6 Å². The summed E-state index contributed by atoms with van der Waals surface area (Å²) in [6, 6.07) is 1.45. The van der Waals surface area contributed by atoms with Crippen LogP contribution in [0.15, 0.2) is 17.1 Å². The molecule has 3 atom stereocenters. The maximum absolute atomic E-state index is 12.1. The summed E-state index contributed by atoms with van der Waals surface area (Å²) in [4.78, 5) is 49.1. The van der Waals surface area contributed by atoms with E-state index in [4.69, 9.17) is 14.2 Å². The molecule has 2 rings (SSSR count). The minimum Gasteiger partial charge on any atom is -0.463 e. The molecule has 1 fully saturated rings. The van der Waals surface area contributed by atoms with Crippen LogP contribution in [0, 0.1) is 0 Å². The number of amides is 1. The van der Waals surface area contributed by atoms with Gasteiger partial charge in [0.15, 0.2) is 0 Å². The molecule has 1 aliphatic rings. The summed E-state index contributed by atoms with van der Waals surface area (Å²) in [5, 5.41) is 2.41. The highest BCUT2D eigenvalue weighted by Crippen LogP contribution is 2.30. The van der Waals surface area contributed by atoms with Crippen LogP contribution in [0.1, 0.15) is 33.4 Å². The Morgan fingerprint density at radius 2 is 2.04 bits per heavy atom. The van der Waals surface area contributed by atoms with E-state index in [-0.39, 0.29) is 24.8 Å². The second-order valence-electron chi connectivity index (χ2n) is 5.50. The third kappa shape index (κ3) is 5.11. The molecule has 0 spiro atoms. The van der Waals surface area contributed by atoms with Gasteiger partial charge < -0.3 is 19.5 Å². The minimum absolute atomic E-state index is 0.101. The number of carbonyl (C=O) groups excluding carboxylic acids is 3. The molecule has 0 saturated carbocycles. The molecule has 25 heavy (non-hydrogen) atoms. The summed E-state index contributed by atoms with van der Waals surface area (Å²) in [6.07, 6.45) is -0.476. The Hall–Kier alpha value is -2.75. The number of rotatable bonds is 5. The lowest BCUT2D eigenvalue weighted by Crippen LogP contribution is -2.31. The number of nitrogens with one attached hydrogen (secondary N) is 1. The van der Waals surface area contributed by atoms with Crippen molar-refractivity contribution in [3.8, 4) is 0 Å². The van der Waals surface area contributed by atoms with Gasteiger partial charge in [0.2, 0.25) is 5.91 Å². The smallest absolute Gasteiger partial charge is 0.351 e. The van der Waals surface area contributed by atoms with Crippen LogP contribution in [0.25, 0.3) is 0 Å². The molecule has 10 nitrogen and oxygen atoms in total. The number of esters is 2. The molecule has 1 aromatic heterocycles. The van der Waals surface area contributed by atoms with E-state index in [9.17, 15) is 19.2 Å². The van der Waals surface area contributed by atoms with Crippen molar-refractivity contribution in [3.63, 3.8) is 0 Å². The van der Waals surface area contributed by atoms with Crippen LogP contribution in [-0.2, 0) is 28.6 Å². The molecular formula is C15H19N3O7. The Balaban J connectivity index is 2.16. The zero-order chi connectivity index (χ0) is 18.6. The van der Waals surface area contributed by atoms with Crippen LogP contribution >= 0.6 is 0 Å². The Morgan fingerprint density at radius 3 is 2.60 bits per heavy atom. The normalized spacial score (nSPS) is 22.3. The highest BCUT2D eigenvalue weighted by Gasteiger charge is 2.39. The molecule has 1 saturated heterocycles. The van der Waals surface area contributed by atoms with Crippen molar-refractivity contribution in [2.24, 2.45) is 0 Å². The van der Waals surface area contributed by atoms with Crippen LogP contribution in [0.2, 0.25) is 0 Å². The van der Waals surface area contributed by atoms with Gasteiger partial charge in [-0.05, 0) is 6.07 Å². The Labute approximate surface area is 143 Å². The summed E-state index contributed by atoms with van der Waals surface area (Å²) in [6.45, 7) is 3.71. The van der Waals surface area contributed by atoms with Crippen molar-refractivity contribution < 1.29 is 28.6 Å². The van der Waals surface area contributed by atoms with Crippen LogP contribution in [0.5, 0.6) is 0 Å². The number of hydrogen-bond donors (Lipinski definition) is 1. The van der Waals surface area contributed by atoms with E-state index in [0.717, 1.165) is 0 Å². The van der Waals surface area contributed by atoms with Crippen molar-refractivity contribution in [2.75, 3.05) is 11.9 Å². The molecule has 0 aromatic carbocycles. The van der Waals surface area contributed by atoms with E-state index in [1.807, 2.05) is 0 Å². The van der Waals surface area contributed by atoms with Gasteiger partial charge in [0.1, 0.15) is 30.9 Å². The fourth-order valence-corrected chi connectivity index (χ4v) is 2.44. The average Bonchev–Trinajstić information content (AvgIpc) is 2.86. The monoisotopic (exact) mass is 353 g/mol. The highest BCUT2D eigenvalue weighted by atomic mass is 16.6. The lowest BCUT2D eigenvalue weighted by molar-refractivity contribution is -0.155. The topological polar surface area (TPSA) is 126 Å². The number of aromatic nitrogens is 2. The van der Waals surface area contributed by atoms with E-state index >= 15 is 0 Å². The standard InChI is InChI=1S/C15H19N3O7/c1-8(19)16-13-4-5-18(15(22)17-13)14-6-11(24-10(3)21)12(25-14)7-23-9(2)20/h4-5,11-12,14H,6-7H2,1-3H3,(H,16,17,19,22)/t11-,12-,14-/m1/s1. The molecule has 10 heteroatoms. The lowest BCUT2D eigenvalue weighted by atomic mass is 10.2. The van der Waals surface area contributed by atoms with Gasteiger partial charge in [-0.2, -0.15) is 4.98 Å². The Kier molecular flexibility index (Phi) is 5.86. The molecule has 0 unspecified atom stereocenters. The lowest BCUT2D eigenvalue weighted by Gasteiger charge is -2.17. The van der Waals surface area contributed by atoms with E-state index in [2.05, 4.69) is 10.3 Å². The van der Waals surface area contributed by atoms with Gasteiger partial charge in [-0.3, -0.25) is 19.0 Å². The van der Waals surface area contributed by atoms with Crippen LogP contribution in [0.3, 0.4) is 0 Å².